The number of ketones is 1. The maximum Gasteiger partial charge on any atom is 0.261 e. The molecule has 2 aromatic carbocycles. The average Bonchev–Trinajstić information content (AvgIpc) is 2.48. The Balaban J connectivity index is 2.20. The van der Waals surface area contributed by atoms with Gasteiger partial charge in [-0.15, -0.1) is 0 Å². The average molecular weight is 307 g/mol. The van der Waals surface area contributed by atoms with Crippen LogP contribution in [0.5, 0.6) is 0 Å². The van der Waals surface area contributed by atoms with Gasteiger partial charge in [-0.1, -0.05) is 18.2 Å². The number of rotatable bonds is 5. The summed E-state index contributed by atoms with van der Waals surface area (Å²) in [5, 5.41) is 0. The Morgan fingerprint density at radius 1 is 1.00 bits per heavy atom. The summed E-state index contributed by atoms with van der Waals surface area (Å²) in [5.74, 6) is 0.0144. The monoisotopic (exact) mass is 307 g/mol. The first-order valence-corrected chi connectivity index (χ1v) is 7.96. The Labute approximate surface area is 123 Å². The molecule has 20 heavy (non-hydrogen) atoms. The van der Waals surface area contributed by atoms with Gasteiger partial charge in [0.15, 0.2) is 5.78 Å². The molecule has 1 N–H and O–H groups in total. The highest BCUT2D eigenvalue weighted by Gasteiger charge is 2.13. The molecular weight excluding hydrogens is 294 g/mol. The van der Waals surface area contributed by atoms with E-state index < -0.39 is 10.0 Å². The van der Waals surface area contributed by atoms with Gasteiger partial charge >= 0.3 is 0 Å². The minimum atomic E-state index is -3.60. The number of thiol groups is 1. The number of hydrogen-bond acceptors (Lipinski definition) is 4. The quantitative estimate of drug-likeness (QED) is 0.659. The number of nitrogens with one attached hydrogen (secondary N) is 1. The van der Waals surface area contributed by atoms with Gasteiger partial charge in [-0.2, -0.15) is 12.6 Å². The number of carbonyl (C=O) groups excluding carboxylic acids is 1. The topological polar surface area (TPSA) is 63.2 Å². The van der Waals surface area contributed by atoms with E-state index in [1.54, 1.807) is 42.5 Å². The summed E-state index contributed by atoms with van der Waals surface area (Å²) >= 11 is 3.91. The van der Waals surface area contributed by atoms with Crippen molar-refractivity contribution in [3.8, 4) is 0 Å². The van der Waals surface area contributed by atoms with Gasteiger partial charge in [-0.25, -0.2) is 8.42 Å². The Morgan fingerprint density at radius 2 is 1.60 bits per heavy atom. The van der Waals surface area contributed by atoms with Gasteiger partial charge in [0.1, 0.15) is 0 Å². The standard InChI is InChI=1S/C14H13NO3S2/c16-14(10-19)11-6-8-12(9-7-11)15-20(17,18)13-4-2-1-3-5-13/h1-9,15,19H,10H2. The highest BCUT2D eigenvalue weighted by Crippen LogP contribution is 2.16. The fourth-order valence-corrected chi connectivity index (χ4v) is 2.89. The fraction of sp³-hybridized carbons (Fsp3) is 0.0714. The summed E-state index contributed by atoms with van der Waals surface area (Å²) in [6.45, 7) is 0. The summed E-state index contributed by atoms with van der Waals surface area (Å²) in [5.41, 5.74) is 0.909. The van der Waals surface area contributed by atoms with Crippen molar-refractivity contribution in [1.29, 1.82) is 0 Å². The Morgan fingerprint density at radius 3 is 2.15 bits per heavy atom. The van der Waals surface area contributed by atoms with Gasteiger partial charge in [0, 0.05) is 11.3 Å². The zero-order chi connectivity index (χ0) is 14.6. The Bertz CT molecular complexity index is 695. The Kier molecular flexibility index (Phi) is 4.46. The lowest BCUT2D eigenvalue weighted by molar-refractivity contribution is 0.102. The van der Waals surface area contributed by atoms with E-state index in [1.807, 2.05) is 0 Å². The molecule has 0 aliphatic heterocycles. The van der Waals surface area contributed by atoms with E-state index in [2.05, 4.69) is 17.4 Å². The number of carbonyl (C=O) groups is 1. The first kappa shape index (κ1) is 14.6. The van der Waals surface area contributed by atoms with E-state index in [9.17, 15) is 13.2 Å². The number of sulfonamides is 1. The summed E-state index contributed by atoms with van der Waals surface area (Å²) in [6.07, 6.45) is 0. The van der Waals surface area contributed by atoms with E-state index >= 15 is 0 Å². The molecule has 0 atom stereocenters. The summed E-state index contributed by atoms with van der Waals surface area (Å²) < 4.78 is 26.6. The van der Waals surface area contributed by atoms with Crippen molar-refractivity contribution in [1.82, 2.24) is 0 Å². The lowest BCUT2D eigenvalue weighted by Gasteiger charge is -2.08. The molecule has 0 radical (unpaired) electrons. The summed E-state index contributed by atoms with van der Waals surface area (Å²) in [6, 6.07) is 14.3. The third-order valence-electron chi connectivity index (χ3n) is 2.66. The van der Waals surface area contributed by atoms with Crippen molar-refractivity contribution < 1.29 is 13.2 Å². The second-order valence-corrected chi connectivity index (χ2v) is 6.08. The van der Waals surface area contributed by atoms with Crippen molar-refractivity contribution in [2.45, 2.75) is 4.90 Å². The molecule has 4 nitrogen and oxygen atoms in total. The van der Waals surface area contributed by atoms with Crippen LogP contribution < -0.4 is 4.72 Å². The van der Waals surface area contributed by atoms with Crippen molar-refractivity contribution in [3.63, 3.8) is 0 Å². The molecule has 0 unspecified atom stereocenters. The maximum absolute atomic E-state index is 12.1. The molecular formula is C14H13NO3S2. The van der Waals surface area contributed by atoms with Crippen LogP contribution in [0.3, 0.4) is 0 Å². The molecule has 2 aromatic rings. The van der Waals surface area contributed by atoms with E-state index in [0.717, 1.165) is 0 Å². The van der Waals surface area contributed by atoms with Crippen LogP contribution in [0.2, 0.25) is 0 Å². The predicted molar refractivity (Wildman–Crippen MR) is 81.9 cm³/mol. The molecule has 0 spiro atoms. The lowest BCUT2D eigenvalue weighted by atomic mass is 10.1. The molecule has 0 saturated carbocycles. The molecule has 0 fully saturated rings. The van der Waals surface area contributed by atoms with E-state index in [0.29, 0.717) is 11.3 Å². The normalized spacial score (nSPS) is 11.1. The van der Waals surface area contributed by atoms with Crippen molar-refractivity contribution in [2.75, 3.05) is 10.5 Å². The molecule has 0 bridgehead atoms. The van der Waals surface area contributed by atoms with Crippen LogP contribution in [0.25, 0.3) is 0 Å². The predicted octanol–water partition coefficient (Wildman–Crippen LogP) is 2.60. The zero-order valence-electron chi connectivity index (χ0n) is 10.5. The van der Waals surface area contributed by atoms with E-state index in [1.165, 1.54) is 12.1 Å². The molecule has 0 saturated heterocycles. The second kappa shape index (κ2) is 6.11. The van der Waals surface area contributed by atoms with Gasteiger partial charge in [-0.3, -0.25) is 9.52 Å². The van der Waals surface area contributed by atoms with Gasteiger partial charge in [0.2, 0.25) is 0 Å². The summed E-state index contributed by atoms with van der Waals surface area (Å²) in [7, 11) is -3.60. The largest absolute Gasteiger partial charge is 0.293 e. The van der Waals surface area contributed by atoms with Crippen LogP contribution in [0.15, 0.2) is 59.5 Å². The number of benzene rings is 2. The lowest BCUT2D eigenvalue weighted by Crippen LogP contribution is -2.12. The first-order chi connectivity index (χ1) is 9.53. The van der Waals surface area contributed by atoms with Gasteiger partial charge < -0.3 is 0 Å². The molecule has 0 aliphatic rings. The molecule has 0 aromatic heterocycles. The smallest absolute Gasteiger partial charge is 0.261 e. The molecule has 2 rings (SSSR count). The van der Waals surface area contributed by atoms with Gasteiger partial charge in [0.05, 0.1) is 10.6 Å². The number of anilines is 1. The minimum Gasteiger partial charge on any atom is -0.293 e. The third kappa shape index (κ3) is 3.40. The van der Waals surface area contributed by atoms with Crippen LogP contribution >= 0.6 is 12.6 Å². The second-order valence-electron chi connectivity index (χ2n) is 4.08. The third-order valence-corrected chi connectivity index (χ3v) is 4.34. The number of Topliss-reactive ketones (excluding diaryl/α,β-unsaturated/α-hetero) is 1. The van der Waals surface area contributed by atoms with Crippen LogP contribution in [-0.4, -0.2) is 20.0 Å². The number of hydrogen-bond donors (Lipinski definition) is 2. The molecule has 0 heterocycles. The van der Waals surface area contributed by atoms with Crippen molar-refractivity contribution in [2.24, 2.45) is 0 Å². The highest BCUT2D eigenvalue weighted by atomic mass is 32.2. The van der Waals surface area contributed by atoms with Crippen molar-refractivity contribution >= 4 is 34.1 Å². The zero-order valence-corrected chi connectivity index (χ0v) is 12.2. The first-order valence-electron chi connectivity index (χ1n) is 5.85. The van der Waals surface area contributed by atoms with Gasteiger partial charge in [-0.05, 0) is 36.4 Å². The van der Waals surface area contributed by atoms with Crippen LogP contribution in [0, 0.1) is 0 Å². The van der Waals surface area contributed by atoms with Crippen molar-refractivity contribution in [3.05, 3.63) is 60.2 Å². The van der Waals surface area contributed by atoms with Crippen LogP contribution in [0.1, 0.15) is 10.4 Å². The summed E-state index contributed by atoms with van der Waals surface area (Å²) in [4.78, 5) is 11.6. The van der Waals surface area contributed by atoms with E-state index in [-0.39, 0.29) is 16.4 Å². The molecule has 104 valence electrons. The SMILES string of the molecule is O=C(CS)c1ccc(NS(=O)(=O)c2ccccc2)cc1. The van der Waals surface area contributed by atoms with Crippen LogP contribution in [-0.2, 0) is 10.0 Å². The Hall–Kier alpha value is -1.79. The minimum absolute atomic E-state index is 0.106. The van der Waals surface area contributed by atoms with E-state index in [4.69, 9.17) is 0 Å². The molecule has 6 heteroatoms. The fourth-order valence-electron chi connectivity index (χ4n) is 1.63. The van der Waals surface area contributed by atoms with Crippen LogP contribution in [0.4, 0.5) is 5.69 Å². The van der Waals surface area contributed by atoms with Gasteiger partial charge in [0.25, 0.3) is 10.0 Å². The highest BCUT2D eigenvalue weighted by molar-refractivity contribution is 7.92. The molecule has 0 amide bonds. The maximum atomic E-state index is 12.1. The molecule has 0 aliphatic carbocycles.